The molecule has 7 heteroatoms. The molecule has 0 aromatic rings. The minimum Gasteiger partial charge on any atom is -0.347 e. The van der Waals surface area contributed by atoms with Crippen LogP contribution in [0, 0.1) is 5.41 Å². The molecule has 22 heavy (non-hydrogen) atoms. The van der Waals surface area contributed by atoms with Crippen molar-refractivity contribution in [1.29, 1.82) is 0 Å². The van der Waals surface area contributed by atoms with Crippen molar-refractivity contribution in [1.82, 2.24) is 15.3 Å². The third-order valence-electron chi connectivity index (χ3n) is 3.40. The SMILES string of the molecule is CCCC[C@@H](C(=O)N[C@H](C(=O)N(C)C)C(C)(C)C)N(O)C=O. The fraction of sp³-hybridized carbons (Fsp3) is 0.800. The number of amides is 3. The van der Waals surface area contributed by atoms with Gasteiger partial charge in [0.2, 0.25) is 18.2 Å². The highest BCUT2D eigenvalue weighted by Gasteiger charge is 2.36. The average Bonchev–Trinajstić information content (AvgIpc) is 2.42. The number of carbonyl (C=O) groups excluding carboxylic acids is 3. The van der Waals surface area contributed by atoms with E-state index in [0.717, 1.165) is 6.42 Å². The van der Waals surface area contributed by atoms with Crippen molar-refractivity contribution in [2.45, 2.75) is 59.0 Å². The van der Waals surface area contributed by atoms with E-state index in [1.54, 1.807) is 14.1 Å². The first-order chi connectivity index (χ1) is 10.1. The van der Waals surface area contributed by atoms with Crippen LogP contribution in [0.1, 0.15) is 47.0 Å². The number of unbranched alkanes of at least 4 members (excludes halogenated alkanes) is 1. The number of nitrogens with zero attached hydrogens (tertiary/aromatic N) is 2. The van der Waals surface area contributed by atoms with E-state index >= 15 is 0 Å². The number of hydroxylamine groups is 2. The molecule has 0 unspecified atom stereocenters. The zero-order valence-corrected chi connectivity index (χ0v) is 14.4. The number of hydrogen-bond donors (Lipinski definition) is 2. The largest absolute Gasteiger partial charge is 0.347 e. The Morgan fingerprint density at radius 3 is 2.18 bits per heavy atom. The lowest BCUT2D eigenvalue weighted by atomic mass is 9.85. The van der Waals surface area contributed by atoms with Crippen molar-refractivity contribution in [2.75, 3.05) is 14.1 Å². The molecule has 0 aliphatic carbocycles. The van der Waals surface area contributed by atoms with Gasteiger partial charge in [-0.15, -0.1) is 0 Å². The Morgan fingerprint density at radius 2 is 1.82 bits per heavy atom. The van der Waals surface area contributed by atoms with Gasteiger partial charge < -0.3 is 10.2 Å². The summed E-state index contributed by atoms with van der Waals surface area (Å²) < 4.78 is 0. The Labute approximate surface area is 132 Å². The summed E-state index contributed by atoms with van der Waals surface area (Å²) in [6.45, 7) is 7.48. The van der Waals surface area contributed by atoms with E-state index in [1.165, 1.54) is 4.90 Å². The molecule has 0 aliphatic rings. The summed E-state index contributed by atoms with van der Waals surface area (Å²) in [6, 6.07) is -1.73. The molecular formula is C15H29N3O4. The minimum atomic E-state index is -0.989. The van der Waals surface area contributed by atoms with Gasteiger partial charge in [0.05, 0.1) is 0 Å². The Kier molecular flexibility index (Phi) is 8.08. The average molecular weight is 315 g/mol. The number of rotatable bonds is 8. The lowest BCUT2D eigenvalue weighted by molar-refractivity contribution is -0.169. The molecule has 3 amide bonds. The van der Waals surface area contributed by atoms with Crippen molar-refractivity contribution < 1.29 is 19.6 Å². The van der Waals surface area contributed by atoms with Gasteiger partial charge in [-0.2, -0.15) is 0 Å². The van der Waals surface area contributed by atoms with Crippen molar-refractivity contribution in [3.05, 3.63) is 0 Å². The van der Waals surface area contributed by atoms with E-state index in [4.69, 9.17) is 0 Å². The van der Waals surface area contributed by atoms with E-state index in [2.05, 4.69) is 5.32 Å². The third kappa shape index (κ3) is 6.01. The Morgan fingerprint density at radius 1 is 1.27 bits per heavy atom. The molecule has 7 nitrogen and oxygen atoms in total. The first-order valence-corrected chi connectivity index (χ1v) is 7.50. The fourth-order valence-corrected chi connectivity index (χ4v) is 2.00. The molecule has 0 heterocycles. The smallest absolute Gasteiger partial charge is 0.246 e. The molecule has 0 aromatic heterocycles. The molecule has 2 N–H and O–H groups in total. The van der Waals surface area contributed by atoms with E-state index < -0.39 is 23.4 Å². The molecule has 2 atom stereocenters. The van der Waals surface area contributed by atoms with Crippen LogP contribution in [0.5, 0.6) is 0 Å². The third-order valence-corrected chi connectivity index (χ3v) is 3.40. The maximum Gasteiger partial charge on any atom is 0.246 e. The normalized spacial score (nSPS) is 14.0. The highest BCUT2D eigenvalue weighted by Crippen LogP contribution is 2.21. The summed E-state index contributed by atoms with van der Waals surface area (Å²) in [5.74, 6) is -0.760. The van der Waals surface area contributed by atoms with E-state index in [1.807, 2.05) is 27.7 Å². The molecule has 128 valence electrons. The van der Waals surface area contributed by atoms with Crippen LogP contribution in [0.4, 0.5) is 0 Å². The molecule has 0 bridgehead atoms. The zero-order chi connectivity index (χ0) is 17.5. The molecule has 0 rings (SSSR count). The lowest BCUT2D eigenvalue weighted by Gasteiger charge is -2.34. The summed E-state index contributed by atoms with van der Waals surface area (Å²) in [6.07, 6.45) is 2.06. The van der Waals surface area contributed by atoms with Crippen LogP contribution in [0.3, 0.4) is 0 Å². The van der Waals surface area contributed by atoms with Gasteiger partial charge in [0.25, 0.3) is 0 Å². The van der Waals surface area contributed by atoms with E-state index in [9.17, 15) is 19.6 Å². The highest BCUT2D eigenvalue weighted by molar-refractivity contribution is 5.90. The summed E-state index contributed by atoms with van der Waals surface area (Å²) in [4.78, 5) is 36.8. The topological polar surface area (TPSA) is 90.0 Å². The summed E-state index contributed by atoms with van der Waals surface area (Å²) in [7, 11) is 3.23. The predicted molar refractivity (Wildman–Crippen MR) is 83.1 cm³/mol. The molecule has 0 fully saturated rings. The lowest BCUT2D eigenvalue weighted by Crippen LogP contribution is -2.57. The number of hydrogen-bond acceptors (Lipinski definition) is 4. The maximum atomic E-state index is 12.4. The molecule has 0 radical (unpaired) electrons. The van der Waals surface area contributed by atoms with Gasteiger partial charge in [-0.1, -0.05) is 40.5 Å². The second-order valence-electron chi connectivity index (χ2n) is 6.68. The van der Waals surface area contributed by atoms with Crippen molar-refractivity contribution in [3.8, 4) is 0 Å². The molecule has 0 spiro atoms. The monoisotopic (exact) mass is 315 g/mol. The second-order valence-corrected chi connectivity index (χ2v) is 6.68. The van der Waals surface area contributed by atoms with Gasteiger partial charge in [0.15, 0.2) is 0 Å². The van der Waals surface area contributed by atoms with Crippen molar-refractivity contribution >= 4 is 18.2 Å². The van der Waals surface area contributed by atoms with Crippen molar-refractivity contribution in [2.24, 2.45) is 5.41 Å². The first-order valence-electron chi connectivity index (χ1n) is 7.50. The number of carbonyl (C=O) groups is 3. The van der Waals surface area contributed by atoms with Crippen LogP contribution in [0.2, 0.25) is 0 Å². The van der Waals surface area contributed by atoms with Gasteiger partial charge in [-0.3, -0.25) is 19.6 Å². The van der Waals surface area contributed by atoms with Crippen LogP contribution in [0.25, 0.3) is 0 Å². The van der Waals surface area contributed by atoms with Crippen molar-refractivity contribution in [3.63, 3.8) is 0 Å². The van der Waals surface area contributed by atoms with Gasteiger partial charge in [-0.25, -0.2) is 5.06 Å². The van der Waals surface area contributed by atoms with Gasteiger partial charge in [0, 0.05) is 14.1 Å². The fourth-order valence-electron chi connectivity index (χ4n) is 2.00. The van der Waals surface area contributed by atoms with Crippen LogP contribution < -0.4 is 5.32 Å². The van der Waals surface area contributed by atoms with Crippen LogP contribution in [0.15, 0.2) is 0 Å². The standard InChI is InChI=1S/C15H29N3O4/c1-7-8-9-11(18(22)10-19)13(20)16-12(15(2,3)4)14(21)17(5)6/h10-12,22H,7-9H2,1-6H3,(H,16,20)/t11-,12+/m0/s1. The summed E-state index contributed by atoms with van der Waals surface area (Å²) >= 11 is 0. The van der Waals surface area contributed by atoms with Crippen LogP contribution in [-0.2, 0) is 14.4 Å². The second kappa shape index (κ2) is 8.73. The maximum absolute atomic E-state index is 12.4. The Hall–Kier alpha value is -1.63. The minimum absolute atomic E-state index is 0.208. The van der Waals surface area contributed by atoms with Crippen LogP contribution >= 0.6 is 0 Å². The van der Waals surface area contributed by atoms with E-state index in [-0.39, 0.29) is 12.3 Å². The zero-order valence-electron chi connectivity index (χ0n) is 14.4. The van der Waals surface area contributed by atoms with Gasteiger partial charge >= 0.3 is 0 Å². The Balaban J connectivity index is 5.19. The first kappa shape index (κ1) is 20.4. The highest BCUT2D eigenvalue weighted by atomic mass is 16.5. The van der Waals surface area contributed by atoms with Crippen LogP contribution in [-0.4, -0.2) is 59.6 Å². The van der Waals surface area contributed by atoms with Gasteiger partial charge in [0.1, 0.15) is 12.1 Å². The predicted octanol–water partition coefficient (Wildman–Crippen LogP) is 1.01. The number of likely N-dealkylation sites (N-methyl/N-ethyl adjacent to an activating group) is 1. The van der Waals surface area contributed by atoms with E-state index in [0.29, 0.717) is 17.9 Å². The molecule has 0 aliphatic heterocycles. The molecule has 0 saturated heterocycles. The number of nitrogens with one attached hydrogen (secondary N) is 1. The molecule has 0 saturated carbocycles. The molecular weight excluding hydrogens is 286 g/mol. The summed E-state index contributed by atoms with van der Waals surface area (Å²) in [5.41, 5.74) is -0.492. The van der Waals surface area contributed by atoms with Gasteiger partial charge in [-0.05, 0) is 11.8 Å². The quantitative estimate of drug-likeness (QED) is 0.397. The summed E-state index contributed by atoms with van der Waals surface area (Å²) in [5, 5.41) is 12.6. The Bertz CT molecular complexity index is 391. The molecule has 0 aromatic carbocycles.